The van der Waals surface area contributed by atoms with Crippen LogP contribution in [-0.4, -0.2) is 48.5 Å². The Bertz CT molecular complexity index is 1800. The maximum Gasteiger partial charge on any atom is 0.338 e. The Kier molecular flexibility index (Phi) is 6.76. The average Bonchev–Trinajstić information content (AvgIpc) is 3.66. The third-order valence-corrected chi connectivity index (χ3v) is 7.27. The largest absolute Gasteiger partial charge is 0.383 e. The number of benzene rings is 1. The van der Waals surface area contributed by atoms with Crippen molar-refractivity contribution >= 4 is 5.52 Å². The first kappa shape index (κ1) is 25.7. The maximum atomic E-state index is 13.6. The van der Waals surface area contributed by atoms with Crippen LogP contribution in [0.2, 0.25) is 0 Å². The number of nitriles is 1. The molecule has 1 fully saturated rings. The van der Waals surface area contributed by atoms with Crippen molar-refractivity contribution in [1.29, 1.82) is 5.26 Å². The van der Waals surface area contributed by atoms with Crippen LogP contribution in [0.25, 0.3) is 33.8 Å². The SMILES string of the molecule is COC[C@H](C)NCc1ccc2cn(-c3cc(-c4ccc(C#N)cc4-c4nncn4C)cc(C4CC4)n3)c(=O)n2c1. The molecule has 4 heterocycles. The van der Waals surface area contributed by atoms with E-state index < -0.39 is 0 Å². The zero-order valence-corrected chi connectivity index (χ0v) is 22.7. The van der Waals surface area contributed by atoms with Crippen molar-refractivity contribution in [1.82, 2.24) is 34.0 Å². The van der Waals surface area contributed by atoms with Crippen molar-refractivity contribution in [3.05, 3.63) is 88.5 Å². The first-order valence-corrected chi connectivity index (χ1v) is 13.3. The molecule has 0 aliphatic heterocycles. The Balaban J connectivity index is 1.44. The lowest BCUT2D eigenvalue weighted by Crippen LogP contribution is -2.29. The summed E-state index contributed by atoms with van der Waals surface area (Å²) in [5, 5.41) is 21.3. The summed E-state index contributed by atoms with van der Waals surface area (Å²) in [5.41, 5.74) is 5.71. The number of hydrogen-bond donors (Lipinski definition) is 1. The van der Waals surface area contributed by atoms with Gasteiger partial charge in [0.2, 0.25) is 0 Å². The summed E-state index contributed by atoms with van der Waals surface area (Å²) < 4.78 is 10.3. The lowest BCUT2D eigenvalue weighted by Gasteiger charge is -2.13. The molecule has 0 amide bonds. The van der Waals surface area contributed by atoms with Crippen LogP contribution in [0, 0.1) is 11.3 Å². The molecule has 1 atom stereocenters. The van der Waals surface area contributed by atoms with Gasteiger partial charge in [0.25, 0.3) is 0 Å². The van der Waals surface area contributed by atoms with E-state index >= 15 is 0 Å². The number of hydrogen-bond acceptors (Lipinski definition) is 7. The molecule has 0 unspecified atom stereocenters. The zero-order chi connectivity index (χ0) is 27.8. The molecule has 202 valence electrons. The molecule has 0 spiro atoms. The molecule has 1 N–H and O–H groups in total. The minimum absolute atomic E-state index is 0.179. The highest BCUT2D eigenvalue weighted by Gasteiger charge is 2.27. The third-order valence-electron chi connectivity index (χ3n) is 7.27. The number of fused-ring (bicyclic) bond motifs is 1. The van der Waals surface area contributed by atoms with E-state index in [4.69, 9.17) is 9.72 Å². The summed E-state index contributed by atoms with van der Waals surface area (Å²) in [4.78, 5) is 18.6. The minimum Gasteiger partial charge on any atom is -0.383 e. The average molecular weight is 535 g/mol. The number of methoxy groups -OCH3 is 1. The summed E-state index contributed by atoms with van der Waals surface area (Å²) >= 11 is 0. The number of pyridine rings is 2. The van der Waals surface area contributed by atoms with E-state index in [-0.39, 0.29) is 11.7 Å². The number of nitrogens with one attached hydrogen (secondary N) is 1. The topological polar surface area (TPSA) is 115 Å². The fraction of sp³-hybridized carbons (Fsp3) is 0.300. The molecule has 4 aromatic heterocycles. The van der Waals surface area contributed by atoms with Crippen LogP contribution in [0.4, 0.5) is 0 Å². The van der Waals surface area contributed by atoms with E-state index in [1.54, 1.807) is 28.5 Å². The van der Waals surface area contributed by atoms with E-state index in [1.807, 2.05) is 54.3 Å². The van der Waals surface area contributed by atoms with Crippen LogP contribution >= 0.6 is 0 Å². The summed E-state index contributed by atoms with van der Waals surface area (Å²) in [6, 6.07) is 16.0. The van der Waals surface area contributed by atoms with Gasteiger partial charge in [-0.2, -0.15) is 5.26 Å². The van der Waals surface area contributed by atoms with E-state index in [1.165, 1.54) is 0 Å². The summed E-state index contributed by atoms with van der Waals surface area (Å²) in [6.45, 7) is 3.30. The second-order valence-electron chi connectivity index (χ2n) is 10.4. The standard InChI is InChI=1S/C30H30N8O2/c1-19(17-40-3)32-14-21-4-8-24-16-38(30(39)37(24)15-21)28-12-23(11-27(34-28)22-6-7-22)25-9-5-20(13-31)10-26(25)29-35-33-18-36(29)2/h4-5,8-12,15-16,18-19,22,32H,6-7,14,17H2,1-3H3/t19-/m0/s1. The monoisotopic (exact) mass is 534 g/mol. The normalized spacial score (nSPS) is 13.9. The highest BCUT2D eigenvalue weighted by molar-refractivity contribution is 5.82. The van der Waals surface area contributed by atoms with Crippen molar-refractivity contribution < 1.29 is 4.74 Å². The number of aryl methyl sites for hydroxylation is 1. The summed E-state index contributed by atoms with van der Waals surface area (Å²) in [7, 11) is 3.56. The zero-order valence-electron chi connectivity index (χ0n) is 22.7. The van der Waals surface area contributed by atoms with Crippen LogP contribution in [0.5, 0.6) is 0 Å². The lowest BCUT2D eigenvalue weighted by atomic mass is 9.96. The number of rotatable bonds is 9. The number of nitrogens with zero attached hydrogens (tertiary/aromatic N) is 7. The second-order valence-corrected chi connectivity index (χ2v) is 10.4. The highest BCUT2D eigenvalue weighted by atomic mass is 16.5. The molecule has 10 heteroatoms. The molecular weight excluding hydrogens is 504 g/mol. The molecule has 1 aromatic carbocycles. The van der Waals surface area contributed by atoms with Crippen molar-refractivity contribution in [3.63, 3.8) is 0 Å². The van der Waals surface area contributed by atoms with Crippen molar-refractivity contribution in [2.24, 2.45) is 7.05 Å². The lowest BCUT2D eigenvalue weighted by molar-refractivity contribution is 0.171. The van der Waals surface area contributed by atoms with Crippen LogP contribution in [0.1, 0.15) is 42.5 Å². The van der Waals surface area contributed by atoms with E-state index in [9.17, 15) is 10.1 Å². The van der Waals surface area contributed by atoms with Gasteiger partial charge in [-0.05, 0) is 66.8 Å². The van der Waals surface area contributed by atoms with Crippen molar-refractivity contribution in [2.75, 3.05) is 13.7 Å². The van der Waals surface area contributed by atoms with E-state index in [2.05, 4.69) is 34.6 Å². The maximum absolute atomic E-state index is 13.6. The number of imidazole rings is 1. The van der Waals surface area contributed by atoms with Gasteiger partial charge in [0.05, 0.1) is 23.8 Å². The van der Waals surface area contributed by atoms with Crippen LogP contribution in [-0.2, 0) is 18.3 Å². The van der Waals surface area contributed by atoms with E-state index in [0.29, 0.717) is 36.3 Å². The smallest absolute Gasteiger partial charge is 0.338 e. The first-order chi connectivity index (χ1) is 19.4. The van der Waals surface area contributed by atoms with Crippen molar-refractivity contribution in [2.45, 2.75) is 38.3 Å². The highest BCUT2D eigenvalue weighted by Crippen LogP contribution is 2.41. The third kappa shape index (κ3) is 4.93. The van der Waals surface area contributed by atoms with Crippen LogP contribution < -0.4 is 11.0 Å². The molecule has 10 nitrogen and oxygen atoms in total. The Morgan fingerprint density at radius 3 is 2.73 bits per heavy atom. The molecule has 5 aromatic rings. The Morgan fingerprint density at radius 1 is 1.15 bits per heavy atom. The molecule has 40 heavy (non-hydrogen) atoms. The van der Waals surface area contributed by atoms with Crippen LogP contribution in [0.15, 0.2) is 66.0 Å². The number of aromatic nitrogens is 6. The molecule has 0 radical (unpaired) electrons. The predicted molar refractivity (Wildman–Crippen MR) is 151 cm³/mol. The van der Waals surface area contributed by atoms with Gasteiger partial charge in [0.15, 0.2) is 5.82 Å². The summed E-state index contributed by atoms with van der Waals surface area (Å²) in [6.07, 6.45) is 7.49. The molecule has 0 bridgehead atoms. The molecular formula is C30H30N8O2. The molecule has 0 saturated heterocycles. The van der Waals surface area contributed by atoms with Gasteiger partial charge < -0.3 is 14.6 Å². The Labute approximate surface area is 231 Å². The first-order valence-electron chi connectivity index (χ1n) is 13.3. The minimum atomic E-state index is -0.179. The Hall–Kier alpha value is -4.59. The van der Waals surface area contributed by atoms with Gasteiger partial charge in [-0.3, -0.25) is 8.97 Å². The van der Waals surface area contributed by atoms with Crippen molar-refractivity contribution in [3.8, 4) is 34.4 Å². The molecule has 1 saturated carbocycles. The van der Waals surface area contributed by atoms with E-state index in [0.717, 1.165) is 46.3 Å². The Morgan fingerprint density at radius 2 is 2.00 bits per heavy atom. The van der Waals surface area contributed by atoms with Gasteiger partial charge in [0, 0.05) is 56.3 Å². The molecule has 6 rings (SSSR count). The predicted octanol–water partition coefficient (Wildman–Crippen LogP) is 3.82. The molecule has 1 aliphatic carbocycles. The van der Waals surface area contributed by atoms with Gasteiger partial charge in [-0.25, -0.2) is 9.78 Å². The fourth-order valence-electron chi connectivity index (χ4n) is 4.98. The molecule has 1 aliphatic rings. The quantitative estimate of drug-likeness (QED) is 0.306. The number of ether oxygens (including phenoxy) is 1. The van der Waals surface area contributed by atoms with Gasteiger partial charge in [-0.15, -0.1) is 10.2 Å². The van der Waals surface area contributed by atoms with Gasteiger partial charge >= 0.3 is 5.69 Å². The van der Waals surface area contributed by atoms with Gasteiger partial charge in [-0.1, -0.05) is 12.1 Å². The second kappa shape index (κ2) is 10.5. The fourth-order valence-corrected chi connectivity index (χ4v) is 4.98. The van der Waals surface area contributed by atoms with Crippen LogP contribution in [0.3, 0.4) is 0 Å². The summed E-state index contributed by atoms with van der Waals surface area (Å²) in [5.74, 6) is 1.59. The van der Waals surface area contributed by atoms with Gasteiger partial charge in [0.1, 0.15) is 12.1 Å².